The van der Waals surface area contributed by atoms with Crippen molar-refractivity contribution in [3.8, 4) is 5.75 Å². The SMILES string of the molecule is CCc1ccc(CSc2ccccc2)c(C(=O)O)c1OCCNC(=O)OC(C)(C)C. The number of thioether (sulfide) groups is 1. The van der Waals surface area contributed by atoms with Gasteiger partial charge in [-0.2, -0.15) is 0 Å². The molecule has 0 saturated heterocycles. The van der Waals surface area contributed by atoms with Crippen LogP contribution in [0.25, 0.3) is 0 Å². The molecule has 0 heterocycles. The van der Waals surface area contributed by atoms with Gasteiger partial charge < -0.3 is 19.9 Å². The standard InChI is InChI=1S/C23H29NO5S/c1-5-16-11-12-17(15-30-18-9-7-6-8-10-18)19(21(25)26)20(16)28-14-13-24-22(27)29-23(2,3)4/h6-12H,5,13-15H2,1-4H3,(H,24,27)(H,25,26). The number of carboxylic acid groups (broad SMARTS) is 1. The number of benzene rings is 2. The van der Waals surface area contributed by atoms with Crippen LogP contribution in [-0.2, 0) is 16.9 Å². The van der Waals surface area contributed by atoms with Crippen LogP contribution in [0.2, 0.25) is 0 Å². The number of amides is 1. The molecule has 162 valence electrons. The fraction of sp³-hybridized carbons (Fsp3) is 0.391. The predicted octanol–water partition coefficient (Wildman–Crippen LogP) is 5.14. The smallest absolute Gasteiger partial charge is 0.407 e. The predicted molar refractivity (Wildman–Crippen MR) is 119 cm³/mol. The summed E-state index contributed by atoms with van der Waals surface area (Å²) in [6, 6.07) is 13.6. The average molecular weight is 432 g/mol. The van der Waals surface area contributed by atoms with Crippen LogP contribution in [0.1, 0.15) is 49.2 Å². The zero-order valence-corrected chi connectivity index (χ0v) is 18.7. The quantitative estimate of drug-likeness (QED) is 0.422. The molecule has 6 nitrogen and oxygen atoms in total. The van der Waals surface area contributed by atoms with Gasteiger partial charge in [0.1, 0.15) is 23.5 Å². The Labute approximate surface area is 182 Å². The molecule has 0 aliphatic rings. The lowest BCUT2D eigenvalue weighted by atomic mass is 10.0. The molecule has 0 unspecified atom stereocenters. The number of aromatic carboxylic acids is 1. The minimum atomic E-state index is -1.02. The monoisotopic (exact) mass is 431 g/mol. The van der Waals surface area contributed by atoms with Crippen molar-refractivity contribution in [3.63, 3.8) is 0 Å². The number of carbonyl (C=O) groups excluding carboxylic acids is 1. The van der Waals surface area contributed by atoms with E-state index in [4.69, 9.17) is 9.47 Å². The lowest BCUT2D eigenvalue weighted by Crippen LogP contribution is -2.34. The minimum Gasteiger partial charge on any atom is -0.491 e. The third kappa shape index (κ3) is 7.30. The largest absolute Gasteiger partial charge is 0.491 e. The van der Waals surface area contributed by atoms with Crippen LogP contribution in [-0.4, -0.2) is 35.9 Å². The molecular formula is C23H29NO5S. The van der Waals surface area contributed by atoms with E-state index in [1.165, 1.54) is 0 Å². The zero-order chi connectivity index (χ0) is 22.1. The van der Waals surface area contributed by atoms with E-state index < -0.39 is 17.7 Å². The Balaban J connectivity index is 2.10. The Kier molecular flexibility index (Phi) is 8.59. The molecule has 0 bridgehead atoms. The van der Waals surface area contributed by atoms with E-state index in [-0.39, 0.29) is 18.7 Å². The molecule has 2 aromatic carbocycles. The lowest BCUT2D eigenvalue weighted by Gasteiger charge is -2.20. The van der Waals surface area contributed by atoms with Gasteiger partial charge in [0, 0.05) is 10.6 Å². The molecule has 0 radical (unpaired) electrons. The average Bonchev–Trinajstić information content (AvgIpc) is 2.68. The van der Waals surface area contributed by atoms with Crippen molar-refractivity contribution in [2.45, 2.75) is 50.4 Å². The van der Waals surface area contributed by atoms with Crippen molar-refractivity contribution in [1.82, 2.24) is 5.32 Å². The summed E-state index contributed by atoms with van der Waals surface area (Å²) in [5, 5.41) is 12.5. The molecule has 2 aromatic rings. The highest BCUT2D eigenvalue weighted by molar-refractivity contribution is 7.98. The number of hydrogen-bond donors (Lipinski definition) is 2. The van der Waals surface area contributed by atoms with Crippen molar-refractivity contribution >= 4 is 23.8 Å². The van der Waals surface area contributed by atoms with Crippen LogP contribution >= 0.6 is 11.8 Å². The number of hydrogen-bond acceptors (Lipinski definition) is 5. The Morgan fingerprint density at radius 1 is 1.07 bits per heavy atom. The van der Waals surface area contributed by atoms with Crippen LogP contribution in [0.5, 0.6) is 5.75 Å². The molecule has 0 aliphatic heterocycles. The Hall–Kier alpha value is -2.67. The molecule has 2 N–H and O–H groups in total. The molecule has 1 amide bonds. The molecule has 7 heteroatoms. The van der Waals surface area contributed by atoms with Crippen molar-refractivity contribution in [2.24, 2.45) is 0 Å². The molecule has 0 saturated carbocycles. The number of ether oxygens (including phenoxy) is 2. The van der Waals surface area contributed by atoms with E-state index in [1.807, 2.05) is 49.4 Å². The molecule has 0 aromatic heterocycles. The Bertz CT molecular complexity index is 862. The third-order valence-electron chi connectivity index (χ3n) is 4.07. The maximum Gasteiger partial charge on any atom is 0.407 e. The topological polar surface area (TPSA) is 84.9 Å². The highest BCUT2D eigenvalue weighted by Crippen LogP contribution is 2.32. The summed E-state index contributed by atoms with van der Waals surface area (Å²) >= 11 is 1.57. The van der Waals surface area contributed by atoms with Crippen molar-refractivity contribution in [1.29, 1.82) is 0 Å². The van der Waals surface area contributed by atoms with Gasteiger partial charge in [0.25, 0.3) is 0 Å². The molecular weight excluding hydrogens is 402 g/mol. The van der Waals surface area contributed by atoms with E-state index in [1.54, 1.807) is 32.5 Å². The van der Waals surface area contributed by atoms with Crippen LogP contribution in [0.15, 0.2) is 47.4 Å². The molecule has 0 spiro atoms. The summed E-state index contributed by atoms with van der Waals surface area (Å²) in [5.41, 5.74) is 1.11. The summed E-state index contributed by atoms with van der Waals surface area (Å²) < 4.78 is 11.0. The van der Waals surface area contributed by atoms with Crippen molar-refractivity contribution < 1.29 is 24.2 Å². The minimum absolute atomic E-state index is 0.141. The second-order valence-electron chi connectivity index (χ2n) is 7.63. The van der Waals surface area contributed by atoms with Gasteiger partial charge in [0.15, 0.2) is 0 Å². The van der Waals surface area contributed by atoms with Crippen molar-refractivity contribution in [2.75, 3.05) is 13.2 Å². The number of carboxylic acids is 1. The number of nitrogens with one attached hydrogen (secondary N) is 1. The van der Waals surface area contributed by atoms with Gasteiger partial charge in [-0.3, -0.25) is 0 Å². The van der Waals surface area contributed by atoms with Gasteiger partial charge in [-0.15, -0.1) is 11.8 Å². The fourth-order valence-corrected chi connectivity index (χ4v) is 3.68. The molecule has 30 heavy (non-hydrogen) atoms. The van der Waals surface area contributed by atoms with E-state index in [0.29, 0.717) is 23.5 Å². The van der Waals surface area contributed by atoms with Gasteiger partial charge in [0.05, 0.1) is 6.54 Å². The first-order valence-corrected chi connectivity index (χ1v) is 10.9. The van der Waals surface area contributed by atoms with Crippen LogP contribution in [0.4, 0.5) is 4.79 Å². The number of aryl methyl sites for hydroxylation is 1. The Morgan fingerprint density at radius 2 is 1.73 bits per heavy atom. The second-order valence-corrected chi connectivity index (χ2v) is 8.67. The number of alkyl carbamates (subject to hydrolysis) is 1. The van der Waals surface area contributed by atoms with Crippen LogP contribution < -0.4 is 10.1 Å². The molecule has 0 fully saturated rings. The second kappa shape index (κ2) is 10.9. The van der Waals surface area contributed by atoms with Gasteiger partial charge in [-0.05, 0) is 50.5 Å². The number of rotatable bonds is 9. The third-order valence-corrected chi connectivity index (χ3v) is 5.14. The first-order valence-electron chi connectivity index (χ1n) is 9.86. The van der Waals surface area contributed by atoms with E-state index in [9.17, 15) is 14.7 Å². The number of carbonyl (C=O) groups is 2. The summed E-state index contributed by atoms with van der Waals surface area (Å²) in [5.74, 6) is -0.145. The van der Waals surface area contributed by atoms with Crippen LogP contribution in [0.3, 0.4) is 0 Å². The summed E-state index contributed by atoms with van der Waals surface area (Å²) in [6.45, 7) is 7.66. The fourth-order valence-electron chi connectivity index (χ4n) is 2.76. The van der Waals surface area contributed by atoms with Gasteiger partial charge in [-0.1, -0.05) is 37.3 Å². The van der Waals surface area contributed by atoms with Gasteiger partial charge in [-0.25, -0.2) is 9.59 Å². The lowest BCUT2D eigenvalue weighted by molar-refractivity contribution is 0.0518. The first kappa shape index (κ1) is 23.6. The van der Waals surface area contributed by atoms with E-state index >= 15 is 0 Å². The van der Waals surface area contributed by atoms with Gasteiger partial charge >= 0.3 is 12.1 Å². The summed E-state index contributed by atoms with van der Waals surface area (Å²) in [4.78, 5) is 24.9. The highest BCUT2D eigenvalue weighted by atomic mass is 32.2. The van der Waals surface area contributed by atoms with E-state index in [0.717, 1.165) is 10.5 Å². The van der Waals surface area contributed by atoms with Crippen molar-refractivity contribution in [3.05, 3.63) is 59.2 Å². The van der Waals surface area contributed by atoms with Gasteiger partial charge in [0.2, 0.25) is 0 Å². The summed E-state index contributed by atoms with van der Waals surface area (Å²) in [6.07, 6.45) is 0.106. The Morgan fingerprint density at radius 3 is 2.33 bits per heavy atom. The summed E-state index contributed by atoms with van der Waals surface area (Å²) in [7, 11) is 0. The molecule has 0 atom stereocenters. The maximum absolute atomic E-state index is 12.0. The van der Waals surface area contributed by atoms with Crippen LogP contribution in [0, 0.1) is 0 Å². The zero-order valence-electron chi connectivity index (χ0n) is 17.9. The first-order chi connectivity index (χ1) is 14.2. The highest BCUT2D eigenvalue weighted by Gasteiger charge is 2.21. The molecule has 2 rings (SSSR count). The van der Waals surface area contributed by atoms with E-state index in [2.05, 4.69) is 5.32 Å². The maximum atomic E-state index is 12.0. The normalized spacial score (nSPS) is 11.1. The molecule has 0 aliphatic carbocycles.